The summed E-state index contributed by atoms with van der Waals surface area (Å²) < 4.78 is 9.11. The predicted octanol–water partition coefficient (Wildman–Crippen LogP) is 1.25. The monoisotopic (exact) mass is 256 g/mol. The second kappa shape index (κ2) is 6.16. The van der Waals surface area contributed by atoms with E-state index in [1.807, 2.05) is 20.0 Å². The van der Waals surface area contributed by atoms with E-state index in [1.165, 1.54) is 0 Å². The van der Waals surface area contributed by atoms with Crippen molar-refractivity contribution in [2.75, 3.05) is 10.1 Å². The molecule has 0 aliphatic carbocycles. The van der Waals surface area contributed by atoms with Crippen LogP contribution in [0.1, 0.15) is 11.5 Å². The molecule has 2 aromatic heterocycles. The third-order valence-corrected chi connectivity index (χ3v) is 2.12. The van der Waals surface area contributed by atoms with Crippen molar-refractivity contribution in [2.45, 2.75) is 13.8 Å². The van der Waals surface area contributed by atoms with E-state index in [-0.39, 0.29) is 0 Å². The summed E-state index contributed by atoms with van der Waals surface area (Å²) in [6.45, 7) is 3.74. The zero-order valence-corrected chi connectivity index (χ0v) is 10.8. The van der Waals surface area contributed by atoms with Crippen LogP contribution in [0.15, 0.2) is 16.7 Å². The quantitative estimate of drug-likeness (QED) is 0.367. The molecule has 0 spiro atoms. The second-order valence-corrected chi connectivity index (χ2v) is 3.60. The molecule has 17 heavy (non-hydrogen) atoms. The van der Waals surface area contributed by atoms with Crippen LogP contribution < -0.4 is 16.0 Å². The number of aryl methyl sites for hydroxylation is 3. The number of hydrogen-bond donors (Lipinski definition) is 4. The minimum absolute atomic E-state index is 0.558. The molecule has 4 N–H and O–H groups in total. The summed E-state index contributed by atoms with van der Waals surface area (Å²) in [6.07, 6.45) is 0. The summed E-state index contributed by atoms with van der Waals surface area (Å²) in [6, 6.07) is 3.63. The smallest absolute Gasteiger partial charge is 0.183 e. The summed E-state index contributed by atoms with van der Waals surface area (Å²) in [5, 5.41) is 7.61. The lowest BCUT2D eigenvalue weighted by molar-refractivity contribution is 0.400. The molecule has 0 aliphatic heterocycles. The third-order valence-electron chi connectivity index (χ3n) is 1.89. The van der Waals surface area contributed by atoms with Gasteiger partial charge in [-0.25, -0.2) is 5.84 Å². The first-order valence-corrected chi connectivity index (χ1v) is 5.32. The molecule has 2 aromatic rings. The molecule has 0 fully saturated rings. The lowest BCUT2D eigenvalue weighted by atomic mass is 10.5. The zero-order valence-electron chi connectivity index (χ0n) is 9.93. The first-order valence-electron chi connectivity index (χ1n) is 4.87. The molecule has 8 heteroatoms. The average Bonchev–Trinajstić information content (AvgIpc) is 2.85. The Bertz CT molecular complexity index is 466. The molecule has 0 aliphatic rings. The van der Waals surface area contributed by atoms with Crippen molar-refractivity contribution in [3.63, 3.8) is 0 Å². The van der Waals surface area contributed by atoms with Gasteiger partial charge in [0.2, 0.25) is 0 Å². The number of anilines is 2. The van der Waals surface area contributed by atoms with Gasteiger partial charge >= 0.3 is 0 Å². The van der Waals surface area contributed by atoms with Gasteiger partial charge in [0.1, 0.15) is 11.6 Å². The van der Waals surface area contributed by atoms with E-state index in [0.29, 0.717) is 5.82 Å². The summed E-state index contributed by atoms with van der Waals surface area (Å²) in [5.41, 5.74) is 3.34. The third kappa shape index (κ3) is 4.00. The van der Waals surface area contributed by atoms with Crippen molar-refractivity contribution in [2.24, 2.45) is 12.9 Å². The van der Waals surface area contributed by atoms with Gasteiger partial charge in [-0.05, 0) is 13.8 Å². The summed E-state index contributed by atoms with van der Waals surface area (Å²) >= 11 is 3.88. The Kier molecular flexibility index (Phi) is 4.85. The SMILES string of the molecule is Cc1cc(NN)no1.Cc1cc(NS)n(C)n1. The van der Waals surface area contributed by atoms with Crippen molar-refractivity contribution >= 4 is 24.5 Å². The zero-order chi connectivity index (χ0) is 12.8. The Labute approximate surface area is 105 Å². The molecule has 0 aromatic carbocycles. The molecule has 0 unspecified atom stereocenters. The second-order valence-electron chi connectivity index (χ2n) is 3.37. The molecule has 0 radical (unpaired) electrons. The Balaban J connectivity index is 0.000000171. The van der Waals surface area contributed by atoms with Gasteiger partial charge in [-0.15, -0.1) is 0 Å². The van der Waals surface area contributed by atoms with Crippen LogP contribution in [0.3, 0.4) is 0 Å². The first-order chi connectivity index (χ1) is 8.06. The highest BCUT2D eigenvalue weighted by atomic mass is 32.1. The van der Waals surface area contributed by atoms with Gasteiger partial charge < -0.3 is 14.7 Å². The number of hydrogen-bond acceptors (Lipinski definition) is 7. The fourth-order valence-corrected chi connectivity index (χ4v) is 1.36. The minimum atomic E-state index is 0.558. The summed E-state index contributed by atoms with van der Waals surface area (Å²) in [7, 11) is 1.87. The predicted molar refractivity (Wildman–Crippen MR) is 69.6 cm³/mol. The lowest BCUT2D eigenvalue weighted by Crippen LogP contribution is -2.06. The molecule has 0 saturated heterocycles. The van der Waals surface area contributed by atoms with Gasteiger partial charge in [0.15, 0.2) is 5.82 Å². The van der Waals surface area contributed by atoms with Crippen LogP contribution >= 0.6 is 12.8 Å². The fraction of sp³-hybridized carbons (Fsp3) is 0.333. The molecular weight excluding hydrogens is 240 g/mol. The maximum Gasteiger partial charge on any atom is 0.183 e. The molecular formula is C9H16N6OS. The van der Waals surface area contributed by atoms with E-state index in [9.17, 15) is 0 Å². The standard InChI is InChI=1S/C5H9N3S.C4H7N3O/c1-4-3-5(7-9)8(2)6-4;1-3-2-4(6-5)7-8-3/h3,7,9H,1-2H3;2H,5H2,1H3,(H,6,7). The Morgan fingerprint density at radius 3 is 2.35 bits per heavy atom. The number of nitrogen functional groups attached to an aromatic ring is 1. The average molecular weight is 256 g/mol. The van der Waals surface area contributed by atoms with Crippen molar-refractivity contribution in [3.8, 4) is 0 Å². The number of nitrogens with one attached hydrogen (secondary N) is 2. The number of nitrogens with zero attached hydrogens (tertiary/aromatic N) is 3. The lowest BCUT2D eigenvalue weighted by Gasteiger charge is -1.94. The van der Waals surface area contributed by atoms with Gasteiger partial charge in [-0.1, -0.05) is 18.0 Å². The van der Waals surface area contributed by atoms with E-state index in [1.54, 1.807) is 17.7 Å². The molecule has 94 valence electrons. The van der Waals surface area contributed by atoms with Crippen molar-refractivity contribution < 1.29 is 4.52 Å². The number of hydrazine groups is 1. The summed E-state index contributed by atoms with van der Waals surface area (Å²) in [4.78, 5) is 0. The van der Waals surface area contributed by atoms with E-state index >= 15 is 0 Å². The molecule has 0 saturated carbocycles. The van der Waals surface area contributed by atoms with Gasteiger partial charge in [0.25, 0.3) is 0 Å². The highest BCUT2D eigenvalue weighted by molar-refractivity contribution is 7.81. The number of rotatable bonds is 2. The van der Waals surface area contributed by atoms with Crippen LogP contribution in [0.2, 0.25) is 0 Å². The van der Waals surface area contributed by atoms with Crippen LogP contribution in [-0.4, -0.2) is 14.9 Å². The van der Waals surface area contributed by atoms with Crippen molar-refractivity contribution in [1.29, 1.82) is 0 Å². The molecule has 2 heterocycles. The maximum absolute atomic E-state index is 4.99. The van der Waals surface area contributed by atoms with Gasteiger partial charge in [-0.2, -0.15) is 5.10 Å². The van der Waals surface area contributed by atoms with Crippen LogP contribution in [0.4, 0.5) is 11.6 Å². The van der Waals surface area contributed by atoms with Crippen molar-refractivity contribution in [3.05, 3.63) is 23.6 Å². The number of aromatic nitrogens is 3. The molecule has 0 bridgehead atoms. The highest BCUT2D eigenvalue weighted by Gasteiger charge is 1.96. The van der Waals surface area contributed by atoms with E-state index in [2.05, 4.69) is 37.7 Å². The fourth-order valence-electron chi connectivity index (χ4n) is 1.15. The van der Waals surface area contributed by atoms with Crippen LogP contribution in [0.25, 0.3) is 0 Å². The first kappa shape index (κ1) is 13.4. The molecule has 0 atom stereocenters. The Morgan fingerprint density at radius 1 is 1.41 bits per heavy atom. The number of nitrogens with two attached hydrogens (primary N) is 1. The Hall–Kier alpha value is -1.67. The van der Waals surface area contributed by atoms with E-state index < -0.39 is 0 Å². The van der Waals surface area contributed by atoms with Gasteiger partial charge in [0, 0.05) is 19.2 Å². The van der Waals surface area contributed by atoms with E-state index in [4.69, 9.17) is 5.84 Å². The molecule has 2 rings (SSSR count). The molecule has 0 amide bonds. The van der Waals surface area contributed by atoms with Crippen LogP contribution in [0, 0.1) is 13.8 Å². The van der Waals surface area contributed by atoms with Crippen molar-refractivity contribution in [1.82, 2.24) is 14.9 Å². The van der Waals surface area contributed by atoms with E-state index in [0.717, 1.165) is 17.3 Å². The number of thiol groups is 1. The van der Waals surface area contributed by atoms with Gasteiger partial charge in [-0.3, -0.25) is 4.68 Å². The van der Waals surface area contributed by atoms with Gasteiger partial charge in [0.05, 0.1) is 5.69 Å². The highest BCUT2D eigenvalue weighted by Crippen LogP contribution is 2.07. The minimum Gasteiger partial charge on any atom is -0.360 e. The van der Waals surface area contributed by atoms with Crippen LogP contribution in [0.5, 0.6) is 0 Å². The normalized spacial score (nSPS) is 9.47. The maximum atomic E-state index is 4.99. The largest absolute Gasteiger partial charge is 0.360 e. The van der Waals surface area contributed by atoms with Crippen LogP contribution in [-0.2, 0) is 7.05 Å². The summed E-state index contributed by atoms with van der Waals surface area (Å²) in [5.74, 6) is 7.21. The topological polar surface area (TPSA) is 93.9 Å². The molecule has 7 nitrogen and oxygen atoms in total. The Morgan fingerprint density at radius 2 is 2.12 bits per heavy atom.